The maximum Gasteiger partial charge on any atom is 0.238 e. The highest BCUT2D eigenvalue weighted by Crippen LogP contribution is 2.32. The number of hydrogen-bond acceptors (Lipinski definition) is 5. The SMILES string of the molecule is COc1cc(OC)cc(Oc2ncc(CN)cc2Cl)c1. The van der Waals surface area contributed by atoms with Crippen LogP contribution in [0, 0.1) is 0 Å². The van der Waals surface area contributed by atoms with Crippen molar-refractivity contribution >= 4 is 11.6 Å². The van der Waals surface area contributed by atoms with Crippen molar-refractivity contribution in [3.63, 3.8) is 0 Å². The molecule has 20 heavy (non-hydrogen) atoms. The van der Waals surface area contributed by atoms with Crippen molar-refractivity contribution in [2.24, 2.45) is 5.73 Å². The minimum atomic E-state index is 0.305. The van der Waals surface area contributed by atoms with Crippen LogP contribution in [0.15, 0.2) is 30.5 Å². The summed E-state index contributed by atoms with van der Waals surface area (Å²) in [5.41, 5.74) is 6.36. The molecule has 0 aliphatic heterocycles. The number of hydrogen-bond donors (Lipinski definition) is 1. The van der Waals surface area contributed by atoms with Gasteiger partial charge in [-0.05, 0) is 11.6 Å². The smallest absolute Gasteiger partial charge is 0.238 e. The molecule has 0 spiro atoms. The number of aromatic nitrogens is 1. The first kappa shape index (κ1) is 14.4. The zero-order valence-corrected chi connectivity index (χ0v) is 12.0. The first-order valence-corrected chi connectivity index (χ1v) is 6.29. The Hall–Kier alpha value is -1.98. The normalized spacial score (nSPS) is 10.2. The van der Waals surface area contributed by atoms with Crippen molar-refractivity contribution in [3.8, 4) is 23.1 Å². The summed E-state index contributed by atoms with van der Waals surface area (Å²) in [4.78, 5) is 4.14. The number of methoxy groups -OCH3 is 2. The number of ether oxygens (including phenoxy) is 3. The quantitative estimate of drug-likeness (QED) is 0.918. The van der Waals surface area contributed by atoms with E-state index in [0.717, 1.165) is 5.56 Å². The molecule has 0 aliphatic rings. The molecule has 106 valence electrons. The van der Waals surface area contributed by atoms with Gasteiger partial charge in [-0.2, -0.15) is 0 Å². The third-order valence-corrected chi connectivity index (χ3v) is 2.91. The zero-order chi connectivity index (χ0) is 14.5. The van der Waals surface area contributed by atoms with Crippen LogP contribution in [-0.2, 0) is 6.54 Å². The van der Waals surface area contributed by atoms with Gasteiger partial charge in [0.1, 0.15) is 22.3 Å². The van der Waals surface area contributed by atoms with Crippen LogP contribution in [0.4, 0.5) is 0 Å². The summed E-state index contributed by atoms with van der Waals surface area (Å²) < 4.78 is 16.0. The molecule has 6 heteroatoms. The predicted octanol–water partition coefficient (Wildman–Crippen LogP) is 3.00. The molecule has 0 fully saturated rings. The maximum atomic E-state index is 6.10. The van der Waals surface area contributed by atoms with Crippen LogP contribution in [0.25, 0.3) is 0 Å². The van der Waals surface area contributed by atoms with E-state index in [2.05, 4.69) is 4.98 Å². The van der Waals surface area contributed by atoms with Crippen molar-refractivity contribution in [1.29, 1.82) is 0 Å². The van der Waals surface area contributed by atoms with E-state index in [1.54, 1.807) is 44.7 Å². The summed E-state index contributed by atoms with van der Waals surface area (Å²) in [6, 6.07) is 6.91. The van der Waals surface area contributed by atoms with Crippen LogP contribution in [0.2, 0.25) is 5.02 Å². The van der Waals surface area contributed by atoms with Crippen LogP contribution in [0.5, 0.6) is 23.1 Å². The first-order chi connectivity index (χ1) is 9.66. The standard InChI is InChI=1S/C14H15ClN2O3/c1-18-10-4-11(19-2)6-12(5-10)20-14-13(15)3-9(7-16)8-17-14/h3-6,8H,7,16H2,1-2H3. The van der Waals surface area contributed by atoms with Gasteiger partial charge >= 0.3 is 0 Å². The Labute approximate surface area is 122 Å². The molecule has 0 aliphatic carbocycles. The molecule has 0 radical (unpaired) electrons. The maximum absolute atomic E-state index is 6.10. The van der Waals surface area contributed by atoms with Gasteiger partial charge in [0.05, 0.1) is 14.2 Å². The monoisotopic (exact) mass is 294 g/mol. The van der Waals surface area contributed by atoms with Gasteiger partial charge in [0, 0.05) is 30.9 Å². The molecular formula is C14H15ClN2O3. The average Bonchev–Trinajstić information content (AvgIpc) is 2.48. The Morgan fingerprint density at radius 1 is 1.05 bits per heavy atom. The van der Waals surface area contributed by atoms with E-state index in [1.165, 1.54) is 0 Å². The lowest BCUT2D eigenvalue weighted by Gasteiger charge is -2.10. The zero-order valence-electron chi connectivity index (χ0n) is 11.2. The van der Waals surface area contributed by atoms with Crippen LogP contribution >= 0.6 is 11.6 Å². The van der Waals surface area contributed by atoms with Crippen LogP contribution in [0.1, 0.15) is 5.56 Å². The van der Waals surface area contributed by atoms with Gasteiger partial charge in [0.25, 0.3) is 0 Å². The Morgan fingerprint density at radius 3 is 2.15 bits per heavy atom. The fourth-order valence-corrected chi connectivity index (χ4v) is 1.83. The van der Waals surface area contributed by atoms with E-state index >= 15 is 0 Å². The van der Waals surface area contributed by atoms with Crippen LogP contribution in [0.3, 0.4) is 0 Å². The van der Waals surface area contributed by atoms with Crippen LogP contribution < -0.4 is 19.9 Å². The number of rotatable bonds is 5. The molecule has 2 N–H and O–H groups in total. The van der Waals surface area contributed by atoms with E-state index in [4.69, 9.17) is 31.5 Å². The second-order valence-electron chi connectivity index (χ2n) is 3.99. The van der Waals surface area contributed by atoms with E-state index in [0.29, 0.717) is 34.7 Å². The molecule has 0 saturated heterocycles. The largest absolute Gasteiger partial charge is 0.496 e. The molecule has 0 unspecified atom stereocenters. The molecule has 1 heterocycles. The van der Waals surface area contributed by atoms with Crippen molar-refractivity contribution in [2.45, 2.75) is 6.54 Å². The summed E-state index contributed by atoms with van der Waals surface area (Å²) in [6.07, 6.45) is 1.62. The van der Waals surface area contributed by atoms with Crippen molar-refractivity contribution in [1.82, 2.24) is 4.98 Å². The summed E-state index contributed by atoms with van der Waals surface area (Å²) in [6.45, 7) is 0.375. The lowest BCUT2D eigenvalue weighted by molar-refractivity contribution is 0.385. The lowest BCUT2D eigenvalue weighted by atomic mass is 10.3. The lowest BCUT2D eigenvalue weighted by Crippen LogP contribution is -1.98. The van der Waals surface area contributed by atoms with E-state index < -0.39 is 0 Å². The summed E-state index contributed by atoms with van der Waals surface area (Å²) >= 11 is 6.10. The topological polar surface area (TPSA) is 66.6 Å². The molecule has 1 aromatic carbocycles. The molecule has 5 nitrogen and oxygen atoms in total. The second kappa shape index (κ2) is 6.45. The van der Waals surface area contributed by atoms with Crippen molar-refractivity contribution < 1.29 is 14.2 Å². The molecule has 0 saturated carbocycles. The van der Waals surface area contributed by atoms with Gasteiger partial charge in [-0.15, -0.1) is 0 Å². The summed E-state index contributed by atoms with van der Waals surface area (Å²) in [5, 5.41) is 0.398. The van der Waals surface area contributed by atoms with E-state index in [9.17, 15) is 0 Å². The molecule has 2 rings (SSSR count). The highest BCUT2D eigenvalue weighted by Gasteiger charge is 2.08. The van der Waals surface area contributed by atoms with E-state index in [-0.39, 0.29) is 0 Å². The number of pyridine rings is 1. The third kappa shape index (κ3) is 3.31. The first-order valence-electron chi connectivity index (χ1n) is 5.91. The minimum Gasteiger partial charge on any atom is -0.496 e. The van der Waals surface area contributed by atoms with Crippen molar-refractivity contribution in [2.75, 3.05) is 14.2 Å². The predicted molar refractivity (Wildman–Crippen MR) is 76.8 cm³/mol. The fraction of sp³-hybridized carbons (Fsp3) is 0.214. The molecule has 0 atom stereocenters. The number of nitrogens with zero attached hydrogens (tertiary/aromatic N) is 1. The highest BCUT2D eigenvalue weighted by molar-refractivity contribution is 6.31. The van der Waals surface area contributed by atoms with E-state index in [1.807, 2.05) is 0 Å². The van der Waals surface area contributed by atoms with Crippen molar-refractivity contribution in [3.05, 3.63) is 41.0 Å². The molecular weight excluding hydrogens is 280 g/mol. The van der Waals surface area contributed by atoms with Gasteiger partial charge in [-0.1, -0.05) is 11.6 Å². The summed E-state index contributed by atoms with van der Waals surface area (Å²) in [5.74, 6) is 2.07. The van der Waals surface area contributed by atoms with Gasteiger partial charge < -0.3 is 19.9 Å². The Bertz CT molecular complexity index is 583. The molecule has 0 amide bonds. The molecule has 0 bridgehead atoms. The fourth-order valence-electron chi connectivity index (χ4n) is 1.60. The Kier molecular flexibility index (Phi) is 4.65. The Balaban J connectivity index is 2.29. The number of halogens is 1. The van der Waals surface area contributed by atoms with Gasteiger partial charge in [0.15, 0.2) is 0 Å². The average molecular weight is 295 g/mol. The number of nitrogens with two attached hydrogens (primary N) is 1. The second-order valence-corrected chi connectivity index (χ2v) is 4.39. The minimum absolute atomic E-state index is 0.305. The third-order valence-electron chi connectivity index (χ3n) is 2.64. The molecule has 1 aromatic heterocycles. The number of benzene rings is 1. The van der Waals surface area contributed by atoms with Gasteiger partial charge in [-0.25, -0.2) is 4.98 Å². The van der Waals surface area contributed by atoms with Gasteiger partial charge in [-0.3, -0.25) is 0 Å². The molecule has 2 aromatic rings. The van der Waals surface area contributed by atoms with Crippen LogP contribution in [-0.4, -0.2) is 19.2 Å². The highest BCUT2D eigenvalue weighted by atomic mass is 35.5. The van der Waals surface area contributed by atoms with Gasteiger partial charge in [0.2, 0.25) is 5.88 Å². The summed E-state index contributed by atoms with van der Waals surface area (Å²) in [7, 11) is 3.14. The Morgan fingerprint density at radius 2 is 1.65 bits per heavy atom.